The van der Waals surface area contributed by atoms with Crippen LogP contribution in [0, 0.1) is 6.92 Å². The number of amides is 1. The SMILES string of the molecule is Cc1ccn(CC(=O)Nc2cnn(Cc3cccc(Cl)c3)c2)n1. The molecule has 1 aromatic carbocycles. The predicted molar refractivity (Wildman–Crippen MR) is 88.4 cm³/mol. The summed E-state index contributed by atoms with van der Waals surface area (Å²) in [6.07, 6.45) is 5.18. The lowest BCUT2D eigenvalue weighted by Crippen LogP contribution is -2.18. The molecule has 3 rings (SSSR count). The molecule has 3 aromatic rings. The van der Waals surface area contributed by atoms with Gasteiger partial charge in [-0.15, -0.1) is 0 Å². The Balaban J connectivity index is 1.59. The summed E-state index contributed by atoms with van der Waals surface area (Å²) in [5, 5.41) is 11.9. The van der Waals surface area contributed by atoms with Crippen molar-refractivity contribution in [3.8, 4) is 0 Å². The molecule has 0 spiro atoms. The topological polar surface area (TPSA) is 64.7 Å². The van der Waals surface area contributed by atoms with E-state index in [-0.39, 0.29) is 12.5 Å². The first-order valence-corrected chi connectivity index (χ1v) is 7.53. The van der Waals surface area contributed by atoms with Crippen molar-refractivity contribution in [2.24, 2.45) is 0 Å². The van der Waals surface area contributed by atoms with Crippen LogP contribution in [0.5, 0.6) is 0 Å². The predicted octanol–water partition coefficient (Wildman–Crippen LogP) is 2.73. The third-order valence-electron chi connectivity index (χ3n) is 3.23. The van der Waals surface area contributed by atoms with Gasteiger partial charge in [0.05, 0.1) is 24.1 Å². The van der Waals surface area contributed by atoms with E-state index in [0.29, 0.717) is 17.3 Å². The Morgan fingerprint density at radius 1 is 1.30 bits per heavy atom. The second-order valence-electron chi connectivity index (χ2n) is 5.26. The van der Waals surface area contributed by atoms with Crippen LogP contribution in [0.1, 0.15) is 11.3 Å². The molecular formula is C16H16ClN5O. The van der Waals surface area contributed by atoms with Gasteiger partial charge in [-0.1, -0.05) is 23.7 Å². The average molecular weight is 330 g/mol. The zero-order chi connectivity index (χ0) is 16.2. The lowest BCUT2D eigenvalue weighted by Gasteiger charge is -2.03. The van der Waals surface area contributed by atoms with Crippen LogP contribution in [-0.2, 0) is 17.9 Å². The van der Waals surface area contributed by atoms with Crippen LogP contribution in [0.4, 0.5) is 5.69 Å². The van der Waals surface area contributed by atoms with Crippen LogP contribution in [0.3, 0.4) is 0 Å². The van der Waals surface area contributed by atoms with Crippen LogP contribution in [0.15, 0.2) is 48.9 Å². The number of aromatic nitrogens is 4. The van der Waals surface area contributed by atoms with E-state index < -0.39 is 0 Å². The zero-order valence-corrected chi connectivity index (χ0v) is 13.4. The zero-order valence-electron chi connectivity index (χ0n) is 12.6. The number of carbonyl (C=O) groups excluding carboxylic acids is 1. The van der Waals surface area contributed by atoms with Gasteiger partial charge in [-0.25, -0.2) is 0 Å². The molecule has 7 heteroatoms. The van der Waals surface area contributed by atoms with E-state index in [1.165, 1.54) is 0 Å². The summed E-state index contributed by atoms with van der Waals surface area (Å²) in [6, 6.07) is 9.45. The highest BCUT2D eigenvalue weighted by Crippen LogP contribution is 2.13. The molecule has 0 saturated heterocycles. The molecule has 0 radical (unpaired) electrons. The van der Waals surface area contributed by atoms with Crippen molar-refractivity contribution >= 4 is 23.2 Å². The number of rotatable bonds is 5. The summed E-state index contributed by atoms with van der Waals surface area (Å²) in [4.78, 5) is 12.0. The molecule has 0 aliphatic heterocycles. The molecule has 0 aliphatic carbocycles. The van der Waals surface area contributed by atoms with Crippen LogP contribution >= 0.6 is 11.6 Å². The maximum Gasteiger partial charge on any atom is 0.246 e. The summed E-state index contributed by atoms with van der Waals surface area (Å²) in [5.41, 5.74) is 2.58. The van der Waals surface area contributed by atoms with E-state index in [1.807, 2.05) is 37.3 Å². The highest BCUT2D eigenvalue weighted by molar-refractivity contribution is 6.30. The molecule has 2 aromatic heterocycles. The third kappa shape index (κ3) is 4.20. The third-order valence-corrected chi connectivity index (χ3v) is 3.47. The standard InChI is InChI=1S/C16H16ClN5O/c1-12-5-6-21(20-12)11-16(23)19-15-8-18-22(10-15)9-13-3-2-4-14(17)7-13/h2-8,10H,9,11H2,1H3,(H,19,23). The molecule has 1 amide bonds. The number of anilines is 1. The fraction of sp³-hybridized carbons (Fsp3) is 0.188. The minimum absolute atomic E-state index is 0.143. The number of nitrogens with zero attached hydrogens (tertiary/aromatic N) is 4. The Morgan fingerprint density at radius 2 is 2.17 bits per heavy atom. The van der Waals surface area contributed by atoms with E-state index in [4.69, 9.17) is 11.6 Å². The first kappa shape index (κ1) is 15.3. The Hall–Kier alpha value is -2.60. The maximum atomic E-state index is 12.0. The minimum atomic E-state index is -0.143. The Kier molecular flexibility index (Phi) is 4.43. The molecule has 1 N–H and O–H groups in total. The van der Waals surface area contributed by atoms with E-state index in [1.54, 1.807) is 28.0 Å². The molecule has 2 heterocycles. The molecule has 23 heavy (non-hydrogen) atoms. The number of aryl methyl sites for hydroxylation is 1. The highest BCUT2D eigenvalue weighted by Gasteiger charge is 2.07. The van der Waals surface area contributed by atoms with Gasteiger partial charge in [0.1, 0.15) is 6.54 Å². The van der Waals surface area contributed by atoms with Crippen molar-refractivity contribution in [3.63, 3.8) is 0 Å². The van der Waals surface area contributed by atoms with Gasteiger partial charge in [0.25, 0.3) is 0 Å². The largest absolute Gasteiger partial charge is 0.322 e. The van der Waals surface area contributed by atoms with Crippen molar-refractivity contribution in [1.82, 2.24) is 19.6 Å². The molecule has 0 atom stereocenters. The number of hydrogen-bond acceptors (Lipinski definition) is 3. The number of nitrogens with one attached hydrogen (secondary N) is 1. The van der Waals surface area contributed by atoms with Gasteiger partial charge >= 0.3 is 0 Å². The fourth-order valence-electron chi connectivity index (χ4n) is 2.24. The van der Waals surface area contributed by atoms with Gasteiger partial charge in [-0.05, 0) is 30.7 Å². The van der Waals surface area contributed by atoms with Gasteiger partial charge in [0, 0.05) is 17.4 Å². The van der Waals surface area contributed by atoms with Crippen molar-refractivity contribution < 1.29 is 4.79 Å². The number of halogens is 1. The molecule has 6 nitrogen and oxygen atoms in total. The lowest BCUT2D eigenvalue weighted by molar-refractivity contribution is -0.116. The second kappa shape index (κ2) is 6.66. The number of hydrogen-bond donors (Lipinski definition) is 1. The first-order valence-electron chi connectivity index (χ1n) is 7.15. The fourth-order valence-corrected chi connectivity index (χ4v) is 2.45. The molecule has 118 valence electrons. The number of carbonyl (C=O) groups is 1. The van der Waals surface area contributed by atoms with Crippen LogP contribution < -0.4 is 5.32 Å². The quantitative estimate of drug-likeness (QED) is 0.782. The smallest absolute Gasteiger partial charge is 0.246 e. The van der Waals surface area contributed by atoms with Crippen LogP contribution in [0.25, 0.3) is 0 Å². The van der Waals surface area contributed by atoms with Crippen molar-refractivity contribution in [3.05, 3.63) is 65.2 Å². The lowest BCUT2D eigenvalue weighted by atomic mass is 10.2. The normalized spacial score (nSPS) is 10.7. The highest BCUT2D eigenvalue weighted by atomic mass is 35.5. The Bertz CT molecular complexity index is 823. The van der Waals surface area contributed by atoms with Gasteiger partial charge in [-0.2, -0.15) is 10.2 Å². The molecule has 0 saturated carbocycles. The van der Waals surface area contributed by atoms with E-state index >= 15 is 0 Å². The average Bonchev–Trinajstić information content (AvgIpc) is 3.08. The molecule has 0 fully saturated rings. The molecule has 0 aliphatic rings. The molecule has 0 bridgehead atoms. The van der Waals surface area contributed by atoms with E-state index in [9.17, 15) is 4.79 Å². The summed E-state index contributed by atoms with van der Waals surface area (Å²) in [7, 11) is 0. The van der Waals surface area contributed by atoms with Gasteiger partial charge in [-0.3, -0.25) is 14.2 Å². The van der Waals surface area contributed by atoms with Crippen molar-refractivity contribution in [1.29, 1.82) is 0 Å². The second-order valence-corrected chi connectivity index (χ2v) is 5.70. The summed E-state index contributed by atoms with van der Waals surface area (Å²) < 4.78 is 3.35. The Morgan fingerprint density at radius 3 is 2.91 bits per heavy atom. The van der Waals surface area contributed by atoms with E-state index in [0.717, 1.165) is 11.3 Å². The summed E-state index contributed by atoms with van der Waals surface area (Å²) >= 11 is 5.97. The van der Waals surface area contributed by atoms with Crippen LogP contribution in [0.2, 0.25) is 5.02 Å². The van der Waals surface area contributed by atoms with Gasteiger partial charge in [0.2, 0.25) is 5.91 Å². The maximum absolute atomic E-state index is 12.0. The number of benzene rings is 1. The van der Waals surface area contributed by atoms with Crippen LogP contribution in [-0.4, -0.2) is 25.5 Å². The molecule has 0 unspecified atom stereocenters. The van der Waals surface area contributed by atoms with Gasteiger partial charge < -0.3 is 5.32 Å². The van der Waals surface area contributed by atoms with Gasteiger partial charge in [0.15, 0.2) is 0 Å². The monoisotopic (exact) mass is 329 g/mol. The van der Waals surface area contributed by atoms with Crippen molar-refractivity contribution in [2.45, 2.75) is 20.0 Å². The summed E-state index contributed by atoms with van der Waals surface area (Å²) in [6.45, 7) is 2.65. The van der Waals surface area contributed by atoms with E-state index in [2.05, 4.69) is 15.5 Å². The Labute approximate surface area is 138 Å². The first-order chi connectivity index (χ1) is 11.1. The molecular weight excluding hydrogens is 314 g/mol. The summed E-state index contributed by atoms with van der Waals surface area (Å²) in [5.74, 6) is -0.143. The van der Waals surface area contributed by atoms with Crippen molar-refractivity contribution in [2.75, 3.05) is 5.32 Å². The minimum Gasteiger partial charge on any atom is -0.322 e.